The number of aliphatic hydroxyl groups excluding tert-OH is 1. The number of nitrogens with one attached hydrogen (secondary N) is 1. The van der Waals surface area contributed by atoms with Gasteiger partial charge in [-0.25, -0.2) is 0 Å². The number of carbonyl (C=O) groups is 1. The Morgan fingerprint density at radius 3 is 2.95 bits per heavy atom. The smallest absolute Gasteiger partial charge is 0.262 e. The van der Waals surface area contributed by atoms with Gasteiger partial charge in [-0.3, -0.25) is 4.79 Å². The van der Waals surface area contributed by atoms with E-state index in [9.17, 15) is 4.79 Å². The van der Waals surface area contributed by atoms with Crippen molar-refractivity contribution in [2.75, 3.05) is 19.8 Å². The second-order valence-electron chi connectivity index (χ2n) is 4.50. The average molecular weight is 281 g/mol. The third-order valence-electron chi connectivity index (χ3n) is 2.38. The van der Waals surface area contributed by atoms with Crippen LogP contribution in [0.5, 0.6) is 0 Å². The van der Waals surface area contributed by atoms with E-state index in [0.717, 1.165) is 0 Å². The third-order valence-corrected chi connectivity index (χ3v) is 3.30. The summed E-state index contributed by atoms with van der Waals surface area (Å²) in [4.78, 5) is 12.6. The van der Waals surface area contributed by atoms with Crippen molar-refractivity contribution in [3.05, 3.63) is 21.9 Å². The fraction of sp³-hybridized carbons (Fsp3) is 0.500. The standard InChI is InChI=1S/C14H19NO3S/c1-4-18-14(2,3)10-15-13(17)12-11(6-5-8-16)7-9-19-12/h7,9,16H,4,8,10H2,1-3H3,(H,15,17). The maximum atomic E-state index is 12.1. The van der Waals surface area contributed by atoms with Crippen molar-refractivity contribution in [1.29, 1.82) is 0 Å². The van der Waals surface area contributed by atoms with Crippen molar-refractivity contribution >= 4 is 17.2 Å². The van der Waals surface area contributed by atoms with Crippen LogP contribution in [-0.2, 0) is 4.74 Å². The summed E-state index contributed by atoms with van der Waals surface area (Å²) in [5.74, 6) is 5.15. The first-order valence-corrected chi connectivity index (χ1v) is 6.97. The van der Waals surface area contributed by atoms with Gasteiger partial charge in [0.1, 0.15) is 11.5 Å². The SMILES string of the molecule is CCOC(C)(C)CNC(=O)c1sccc1C#CCO. The van der Waals surface area contributed by atoms with Gasteiger partial charge >= 0.3 is 0 Å². The number of amides is 1. The van der Waals surface area contributed by atoms with Crippen LogP contribution < -0.4 is 5.32 Å². The van der Waals surface area contributed by atoms with E-state index in [0.29, 0.717) is 23.6 Å². The maximum absolute atomic E-state index is 12.1. The molecule has 0 aliphatic carbocycles. The highest BCUT2D eigenvalue weighted by molar-refractivity contribution is 7.12. The number of carbonyl (C=O) groups excluding carboxylic acids is 1. The second kappa shape index (κ2) is 7.29. The largest absolute Gasteiger partial charge is 0.384 e. The number of hydrogen-bond acceptors (Lipinski definition) is 4. The normalized spacial score (nSPS) is 10.7. The van der Waals surface area contributed by atoms with Crippen molar-refractivity contribution < 1.29 is 14.6 Å². The molecule has 0 spiro atoms. The Morgan fingerprint density at radius 2 is 2.32 bits per heavy atom. The van der Waals surface area contributed by atoms with E-state index in [-0.39, 0.29) is 12.5 Å². The zero-order valence-electron chi connectivity index (χ0n) is 11.4. The minimum absolute atomic E-state index is 0.162. The lowest BCUT2D eigenvalue weighted by molar-refractivity contribution is -0.00813. The lowest BCUT2D eigenvalue weighted by Gasteiger charge is -2.24. The molecule has 0 saturated heterocycles. The molecular weight excluding hydrogens is 262 g/mol. The average Bonchev–Trinajstić information content (AvgIpc) is 2.82. The van der Waals surface area contributed by atoms with Crippen molar-refractivity contribution in [3.63, 3.8) is 0 Å². The molecule has 1 aromatic heterocycles. The van der Waals surface area contributed by atoms with Gasteiger partial charge in [-0.15, -0.1) is 11.3 Å². The molecule has 1 heterocycles. The lowest BCUT2D eigenvalue weighted by atomic mass is 10.1. The van der Waals surface area contributed by atoms with Crippen LogP contribution in [-0.4, -0.2) is 36.4 Å². The molecule has 0 aromatic carbocycles. The Kier molecular flexibility index (Phi) is 6.03. The Labute approximate surface area is 117 Å². The van der Waals surface area contributed by atoms with Crippen LogP contribution in [0.1, 0.15) is 36.0 Å². The van der Waals surface area contributed by atoms with Crippen molar-refractivity contribution in [2.45, 2.75) is 26.4 Å². The van der Waals surface area contributed by atoms with Gasteiger partial charge in [0.2, 0.25) is 0 Å². The van der Waals surface area contributed by atoms with E-state index in [1.807, 2.05) is 26.2 Å². The van der Waals surface area contributed by atoms with Crippen molar-refractivity contribution in [1.82, 2.24) is 5.32 Å². The minimum Gasteiger partial charge on any atom is -0.384 e. The van der Waals surface area contributed by atoms with E-state index >= 15 is 0 Å². The van der Waals surface area contributed by atoms with Gasteiger partial charge in [-0.05, 0) is 32.2 Å². The van der Waals surface area contributed by atoms with E-state index < -0.39 is 5.60 Å². The maximum Gasteiger partial charge on any atom is 0.262 e. The molecule has 19 heavy (non-hydrogen) atoms. The van der Waals surface area contributed by atoms with E-state index in [1.165, 1.54) is 11.3 Å². The predicted molar refractivity (Wildman–Crippen MR) is 76.3 cm³/mol. The van der Waals surface area contributed by atoms with Crippen LogP contribution in [0.25, 0.3) is 0 Å². The molecule has 0 fully saturated rings. The molecule has 0 aliphatic heterocycles. The molecule has 1 rings (SSSR count). The van der Waals surface area contributed by atoms with E-state index in [4.69, 9.17) is 9.84 Å². The molecule has 0 bridgehead atoms. The van der Waals surface area contributed by atoms with Gasteiger partial charge in [0.25, 0.3) is 5.91 Å². The molecule has 0 radical (unpaired) electrons. The van der Waals surface area contributed by atoms with E-state index in [2.05, 4.69) is 17.2 Å². The number of ether oxygens (including phenoxy) is 1. The Balaban J connectivity index is 2.66. The molecule has 5 heteroatoms. The molecular formula is C14H19NO3S. The summed E-state index contributed by atoms with van der Waals surface area (Å²) in [7, 11) is 0. The topological polar surface area (TPSA) is 58.6 Å². The van der Waals surface area contributed by atoms with Gasteiger partial charge in [0.15, 0.2) is 0 Å². The van der Waals surface area contributed by atoms with Gasteiger partial charge in [-0.1, -0.05) is 11.8 Å². The molecule has 104 valence electrons. The second-order valence-corrected chi connectivity index (χ2v) is 5.41. The molecule has 0 saturated carbocycles. The Bertz CT molecular complexity index is 482. The zero-order chi connectivity index (χ0) is 14.3. The summed E-state index contributed by atoms with van der Waals surface area (Å²) >= 11 is 1.34. The lowest BCUT2D eigenvalue weighted by Crippen LogP contribution is -2.40. The van der Waals surface area contributed by atoms with Gasteiger partial charge in [-0.2, -0.15) is 0 Å². The first-order chi connectivity index (χ1) is 9.00. The highest BCUT2D eigenvalue weighted by Gasteiger charge is 2.20. The van der Waals surface area contributed by atoms with Crippen LogP contribution >= 0.6 is 11.3 Å². The number of hydrogen-bond donors (Lipinski definition) is 2. The fourth-order valence-corrected chi connectivity index (χ4v) is 2.30. The summed E-state index contributed by atoms with van der Waals surface area (Å²) in [6.45, 7) is 6.61. The van der Waals surface area contributed by atoms with Crippen LogP contribution in [0.3, 0.4) is 0 Å². The van der Waals surface area contributed by atoms with Crippen LogP contribution in [0.15, 0.2) is 11.4 Å². The summed E-state index contributed by atoms with van der Waals surface area (Å²) < 4.78 is 5.52. The molecule has 0 atom stereocenters. The quantitative estimate of drug-likeness (QED) is 0.807. The zero-order valence-corrected chi connectivity index (χ0v) is 12.3. The highest BCUT2D eigenvalue weighted by Crippen LogP contribution is 2.16. The van der Waals surface area contributed by atoms with Crippen LogP contribution in [0.2, 0.25) is 0 Å². The van der Waals surface area contributed by atoms with E-state index in [1.54, 1.807) is 6.07 Å². The summed E-state index contributed by atoms with van der Waals surface area (Å²) in [6, 6.07) is 1.77. The molecule has 0 aliphatic rings. The molecule has 2 N–H and O–H groups in total. The van der Waals surface area contributed by atoms with Crippen LogP contribution in [0.4, 0.5) is 0 Å². The Hall–Kier alpha value is -1.35. The summed E-state index contributed by atoms with van der Waals surface area (Å²) in [6.07, 6.45) is 0. The molecule has 1 amide bonds. The van der Waals surface area contributed by atoms with Crippen LogP contribution in [0, 0.1) is 11.8 Å². The Morgan fingerprint density at radius 1 is 1.58 bits per heavy atom. The fourth-order valence-electron chi connectivity index (χ4n) is 1.53. The van der Waals surface area contributed by atoms with Gasteiger partial charge < -0.3 is 15.2 Å². The minimum atomic E-state index is -0.390. The number of rotatable bonds is 5. The van der Waals surface area contributed by atoms with Gasteiger partial charge in [0.05, 0.1) is 5.60 Å². The summed E-state index contributed by atoms with van der Waals surface area (Å²) in [5, 5.41) is 13.3. The molecule has 0 unspecified atom stereocenters. The highest BCUT2D eigenvalue weighted by atomic mass is 32.1. The summed E-state index contributed by atoms with van der Waals surface area (Å²) in [5.41, 5.74) is 0.254. The molecule has 1 aromatic rings. The number of aliphatic hydroxyl groups is 1. The van der Waals surface area contributed by atoms with Crippen molar-refractivity contribution in [2.24, 2.45) is 0 Å². The monoisotopic (exact) mass is 281 g/mol. The predicted octanol–water partition coefficient (Wildman–Crippen LogP) is 1.64. The third kappa shape index (κ3) is 5.03. The van der Waals surface area contributed by atoms with Gasteiger partial charge in [0, 0.05) is 18.7 Å². The first-order valence-electron chi connectivity index (χ1n) is 6.09. The van der Waals surface area contributed by atoms with Crippen molar-refractivity contribution in [3.8, 4) is 11.8 Å². The molecule has 4 nitrogen and oxygen atoms in total. The first kappa shape index (κ1) is 15.7. The number of thiophene rings is 1.